The zero-order chi connectivity index (χ0) is 19.3. The van der Waals surface area contributed by atoms with Crippen LogP contribution in [0.4, 0.5) is 5.69 Å². The molecule has 0 spiro atoms. The van der Waals surface area contributed by atoms with Crippen LogP contribution in [0.15, 0.2) is 53.4 Å². The van der Waals surface area contributed by atoms with Crippen molar-refractivity contribution in [2.24, 2.45) is 0 Å². The van der Waals surface area contributed by atoms with E-state index in [9.17, 15) is 13.2 Å². The van der Waals surface area contributed by atoms with E-state index in [1.807, 2.05) is 24.3 Å². The highest BCUT2D eigenvalue weighted by Gasteiger charge is 2.20. The lowest BCUT2D eigenvalue weighted by Gasteiger charge is -2.26. The lowest BCUT2D eigenvalue weighted by molar-refractivity contribution is -0.119. The summed E-state index contributed by atoms with van der Waals surface area (Å²) in [4.78, 5) is 12.3. The van der Waals surface area contributed by atoms with Gasteiger partial charge in [-0.1, -0.05) is 19.1 Å². The van der Waals surface area contributed by atoms with Crippen LogP contribution in [-0.2, 0) is 14.6 Å². The van der Waals surface area contributed by atoms with E-state index in [0.717, 1.165) is 0 Å². The number of hydrogen-bond donors (Lipinski definition) is 2. The molecule has 1 aliphatic heterocycles. The SMILES string of the molecule is CCS(=O)(=O)c1ccc(NCC(=O)NC[C@@H]2COc3ccccc3O2)cc1. The minimum Gasteiger partial charge on any atom is -0.486 e. The Morgan fingerprint density at radius 1 is 1.11 bits per heavy atom. The molecule has 7 nitrogen and oxygen atoms in total. The van der Waals surface area contributed by atoms with Gasteiger partial charge in [-0.25, -0.2) is 8.42 Å². The monoisotopic (exact) mass is 390 g/mol. The lowest BCUT2D eigenvalue weighted by atomic mass is 10.2. The van der Waals surface area contributed by atoms with Crippen LogP contribution in [-0.4, -0.2) is 45.9 Å². The molecule has 0 radical (unpaired) electrons. The number of rotatable bonds is 7. The second-order valence-corrected chi connectivity index (χ2v) is 8.36. The van der Waals surface area contributed by atoms with Gasteiger partial charge in [-0.05, 0) is 36.4 Å². The minimum absolute atomic E-state index is 0.0552. The predicted octanol–water partition coefficient (Wildman–Crippen LogP) is 1.85. The average molecular weight is 390 g/mol. The van der Waals surface area contributed by atoms with Crippen LogP contribution in [0.25, 0.3) is 0 Å². The fraction of sp³-hybridized carbons (Fsp3) is 0.316. The molecular weight excluding hydrogens is 368 g/mol. The fourth-order valence-electron chi connectivity index (χ4n) is 2.58. The molecule has 1 aliphatic rings. The van der Waals surface area contributed by atoms with Crippen LogP contribution in [0.2, 0.25) is 0 Å². The molecule has 0 aromatic heterocycles. The Balaban J connectivity index is 1.44. The van der Waals surface area contributed by atoms with Crippen LogP contribution in [0.3, 0.4) is 0 Å². The maximum absolute atomic E-state index is 12.0. The molecule has 0 saturated heterocycles. The Labute approximate surface area is 158 Å². The first-order chi connectivity index (χ1) is 13.0. The Morgan fingerprint density at radius 3 is 2.52 bits per heavy atom. The van der Waals surface area contributed by atoms with Gasteiger partial charge in [0, 0.05) is 5.69 Å². The number of sulfone groups is 1. The molecular formula is C19H22N2O5S. The molecule has 27 heavy (non-hydrogen) atoms. The second kappa shape index (κ2) is 8.30. The van der Waals surface area contributed by atoms with E-state index in [2.05, 4.69) is 10.6 Å². The van der Waals surface area contributed by atoms with Crippen molar-refractivity contribution in [2.45, 2.75) is 17.9 Å². The van der Waals surface area contributed by atoms with Crippen molar-refractivity contribution >= 4 is 21.4 Å². The maximum atomic E-state index is 12.0. The number of nitrogens with one attached hydrogen (secondary N) is 2. The number of fused-ring (bicyclic) bond motifs is 1. The zero-order valence-electron chi connectivity index (χ0n) is 15.0. The summed E-state index contributed by atoms with van der Waals surface area (Å²) in [6.07, 6.45) is -0.248. The highest BCUT2D eigenvalue weighted by Crippen LogP contribution is 2.30. The number of amides is 1. The molecule has 1 heterocycles. The van der Waals surface area contributed by atoms with Crippen molar-refractivity contribution < 1.29 is 22.7 Å². The molecule has 1 amide bonds. The van der Waals surface area contributed by atoms with Crippen LogP contribution in [0.1, 0.15) is 6.92 Å². The lowest BCUT2D eigenvalue weighted by Crippen LogP contribution is -2.42. The van der Waals surface area contributed by atoms with Gasteiger partial charge in [-0.15, -0.1) is 0 Å². The van der Waals surface area contributed by atoms with Gasteiger partial charge in [0.15, 0.2) is 21.3 Å². The highest BCUT2D eigenvalue weighted by atomic mass is 32.2. The molecule has 2 N–H and O–H groups in total. The molecule has 3 rings (SSSR count). The molecule has 1 atom stereocenters. The molecule has 0 saturated carbocycles. The van der Waals surface area contributed by atoms with E-state index >= 15 is 0 Å². The number of carbonyl (C=O) groups excluding carboxylic acids is 1. The summed E-state index contributed by atoms with van der Waals surface area (Å²) in [6.45, 7) is 2.39. The zero-order valence-corrected chi connectivity index (χ0v) is 15.8. The number of carbonyl (C=O) groups is 1. The van der Waals surface area contributed by atoms with Crippen molar-refractivity contribution in [3.05, 3.63) is 48.5 Å². The molecule has 2 aromatic carbocycles. The van der Waals surface area contributed by atoms with Gasteiger partial charge < -0.3 is 20.1 Å². The van der Waals surface area contributed by atoms with E-state index in [0.29, 0.717) is 30.3 Å². The Hall–Kier alpha value is -2.74. The number of para-hydroxylation sites is 2. The molecule has 144 valence electrons. The Kier molecular flexibility index (Phi) is 5.85. The van der Waals surface area contributed by atoms with E-state index in [4.69, 9.17) is 9.47 Å². The van der Waals surface area contributed by atoms with Crippen molar-refractivity contribution in [3.63, 3.8) is 0 Å². The largest absolute Gasteiger partial charge is 0.486 e. The third-order valence-corrected chi connectivity index (χ3v) is 5.89. The topological polar surface area (TPSA) is 93.7 Å². The standard InChI is InChI=1S/C19H22N2O5S/c1-2-27(23,24)16-9-7-14(8-10-16)20-12-19(22)21-11-15-13-25-17-5-3-4-6-18(17)26-15/h3-10,15,20H,2,11-13H2,1H3,(H,21,22)/t15-/m1/s1. The first-order valence-corrected chi connectivity index (χ1v) is 10.3. The summed E-state index contributed by atoms with van der Waals surface area (Å²) in [6, 6.07) is 13.8. The van der Waals surface area contributed by atoms with E-state index < -0.39 is 9.84 Å². The van der Waals surface area contributed by atoms with Gasteiger partial charge >= 0.3 is 0 Å². The van der Waals surface area contributed by atoms with Crippen LogP contribution in [0, 0.1) is 0 Å². The van der Waals surface area contributed by atoms with Gasteiger partial charge in [-0.2, -0.15) is 0 Å². The van der Waals surface area contributed by atoms with Crippen LogP contribution >= 0.6 is 0 Å². The maximum Gasteiger partial charge on any atom is 0.239 e. The number of anilines is 1. The quantitative estimate of drug-likeness (QED) is 0.749. The number of benzene rings is 2. The minimum atomic E-state index is -3.22. The summed E-state index contributed by atoms with van der Waals surface area (Å²) >= 11 is 0. The van der Waals surface area contributed by atoms with E-state index in [1.54, 1.807) is 19.1 Å². The van der Waals surface area contributed by atoms with Crippen LogP contribution in [0.5, 0.6) is 11.5 Å². The Morgan fingerprint density at radius 2 is 1.81 bits per heavy atom. The third kappa shape index (κ3) is 4.91. The van der Waals surface area contributed by atoms with Crippen molar-refractivity contribution in [3.8, 4) is 11.5 Å². The first kappa shape index (κ1) is 19.0. The summed E-state index contributed by atoms with van der Waals surface area (Å²) in [5.74, 6) is 1.24. The summed E-state index contributed by atoms with van der Waals surface area (Å²) < 4.78 is 35.0. The fourth-order valence-corrected chi connectivity index (χ4v) is 3.47. The third-order valence-electron chi connectivity index (χ3n) is 4.14. The summed E-state index contributed by atoms with van der Waals surface area (Å²) in [5.41, 5.74) is 0.673. The number of ether oxygens (including phenoxy) is 2. The van der Waals surface area contributed by atoms with Gasteiger partial charge in [0.1, 0.15) is 12.7 Å². The van der Waals surface area contributed by atoms with Crippen molar-refractivity contribution in [1.29, 1.82) is 0 Å². The average Bonchev–Trinajstić information content (AvgIpc) is 2.71. The summed E-state index contributed by atoms with van der Waals surface area (Å²) in [7, 11) is -3.22. The molecule has 0 fully saturated rings. The van der Waals surface area contributed by atoms with Crippen molar-refractivity contribution in [1.82, 2.24) is 5.32 Å². The highest BCUT2D eigenvalue weighted by molar-refractivity contribution is 7.91. The second-order valence-electron chi connectivity index (χ2n) is 6.08. The van der Waals surface area contributed by atoms with Gasteiger partial charge in [0.2, 0.25) is 5.91 Å². The molecule has 2 aromatic rings. The van der Waals surface area contributed by atoms with E-state index in [1.165, 1.54) is 12.1 Å². The smallest absolute Gasteiger partial charge is 0.239 e. The van der Waals surface area contributed by atoms with Crippen LogP contribution < -0.4 is 20.1 Å². The van der Waals surface area contributed by atoms with Crippen molar-refractivity contribution in [2.75, 3.05) is 30.8 Å². The number of hydrogen-bond acceptors (Lipinski definition) is 6. The normalized spacial score (nSPS) is 15.8. The molecule has 8 heteroatoms. The summed E-state index contributed by atoms with van der Waals surface area (Å²) in [5, 5.41) is 5.76. The van der Waals surface area contributed by atoms with E-state index in [-0.39, 0.29) is 29.2 Å². The van der Waals surface area contributed by atoms with Gasteiger partial charge in [0.05, 0.1) is 23.7 Å². The predicted molar refractivity (Wildman–Crippen MR) is 102 cm³/mol. The Bertz CT molecular complexity index is 897. The molecule has 0 bridgehead atoms. The molecule has 0 aliphatic carbocycles. The molecule has 0 unspecified atom stereocenters. The van der Waals surface area contributed by atoms with Gasteiger partial charge in [-0.3, -0.25) is 4.79 Å². The first-order valence-electron chi connectivity index (χ1n) is 8.70. The van der Waals surface area contributed by atoms with Gasteiger partial charge in [0.25, 0.3) is 0 Å².